The van der Waals surface area contributed by atoms with Crippen molar-refractivity contribution in [1.82, 2.24) is 5.32 Å². The van der Waals surface area contributed by atoms with Crippen LogP contribution in [0.2, 0.25) is 0 Å². The molecule has 0 aromatic heterocycles. The summed E-state index contributed by atoms with van der Waals surface area (Å²) in [4.78, 5) is 0. The Morgan fingerprint density at radius 1 is 1.20 bits per heavy atom. The van der Waals surface area contributed by atoms with Crippen LogP contribution in [0.25, 0.3) is 0 Å². The molecule has 0 spiro atoms. The first-order chi connectivity index (χ1) is 7.19. The van der Waals surface area contributed by atoms with Crippen LogP contribution in [-0.4, -0.2) is 13.1 Å². The van der Waals surface area contributed by atoms with E-state index < -0.39 is 0 Å². The van der Waals surface area contributed by atoms with Crippen molar-refractivity contribution in [3.8, 4) is 0 Å². The molecule has 0 amide bonds. The third-order valence-corrected chi connectivity index (χ3v) is 3.29. The summed E-state index contributed by atoms with van der Waals surface area (Å²) in [5.41, 5.74) is 4.40. The molecule has 0 bridgehead atoms. The van der Waals surface area contributed by atoms with E-state index in [9.17, 15) is 0 Å². The molecule has 84 valence electrons. The zero-order valence-corrected chi connectivity index (χ0v) is 10.4. The lowest BCUT2D eigenvalue weighted by molar-refractivity contribution is 0.508. The van der Waals surface area contributed by atoms with Gasteiger partial charge in [-0.05, 0) is 56.8 Å². The number of aryl methyl sites for hydroxylation is 2. The normalized spacial score (nSPS) is 12.8. The summed E-state index contributed by atoms with van der Waals surface area (Å²) < 4.78 is 0. The number of benzene rings is 1. The fraction of sp³-hybridized carbons (Fsp3) is 0.571. The van der Waals surface area contributed by atoms with E-state index in [1.54, 1.807) is 0 Å². The molecular weight excluding hydrogens is 182 g/mol. The van der Waals surface area contributed by atoms with E-state index >= 15 is 0 Å². The molecule has 1 aromatic rings. The first-order valence-electron chi connectivity index (χ1n) is 5.91. The predicted molar refractivity (Wildman–Crippen MR) is 67.4 cm³/mol. The van der Waals surface area contributed by atoms with Crippen LogP contribution in [-0.2, 0) is 6.42 Å². The van der Waals surface area contributed by atoms with Gasteiger partial charge in [0, 0.05) is 6.04 Å². The Labute approximate surface area is 93.9 Å². The molecule has 1 N–H and O–H groups in total. The zero-order chi connectivity index (χ0) is 11.3. The van der Waals surface area contributed by atoms with E-state index in [1.807, 2.05) is 0 Å². The van der Waals surface area contributed by atoms with E-state index in [1.165, 1.54) is 36.0 Å². The van der Waals surface area contributed by atoms with Gasteiger partial charge in [0.25, 0.3) is 0 Å². The van der Waals surface area contributed by atoms with Gasteiger partial charge in [0.15, 0.2) is 0 Å². The summed E-state index contributed by atoms with van der Waals surface area (Å²) in [7, 11) is 2.05. The quantitative estimate of drug-likeness (QED) is 0.778. The Morgan fingerprint density at radius 3 is 2.27 bits per heavy atom. The summed E-state index contributed by atoms with van der Waals surface area (Å²) in [5, 5.41) is 3.36. The van der Waals surface area contributed by atoms with Crippen molar-refractivity contribution in [2.24, 2.45) is 0 Å². The number of hydrogen-bond donors (Lipinski definition) is 1. The van der Waals surface area contributed by atoms with Crippen LogP contribution in [0.4, 0.5) is 0 Å². The molecule has 0 saturated heterocycles. The largest absolute Gasteiger partial charge is 0.317 e. The topological polar surface area (TPSA) is 12.0 Å². The van der Waals surface area contributed by atoms with E-state index in [0.717, 1.165) is 0 Å². The molecule has 1 heteroatoms. The number of hydrogen-bond acceptors (Lipinski definition) is 1. The summed E-state index contributed by atoms with van der Waals surface area (Å²) >= 11 is 0. The van der Waals surface area contributed by atoms with Gasteiger partial charge >= 0.3 is 0 Å². The van der Waals surface area contributed by atoms with Crippen molar-refractivity contribution in [3.63, 3.8) is 0 Å². The Kier molecular flexibility index (Phi) is 4.83. The molecule has 0 fully saturated rings. The van der Waals surface area contributed by atoms with Crippen molar-refractivity contribution in [3.05, 3.63) is 34.9 Å². The van der Waals surface area contributed by atoms with E-state index in [0.29, 0.717) is 6.04 Å². The van der Waals surface area contributed by atoms with Gasteiger partial charge in [-0.25, -0.2) is 0 Å². The third kappa shape index (κ3) is 3.35. The van der Waals surface area contributed by atoms with Crippen LogP contribution in [0, 0.1) is 13.8 Å². The monoisotopic (exact) mass is 205 g/mol. The Bertz CT molecular complexity index is 280. The first-order valence-corrected chi connectivity index (χ1v) is 5.91. The molecule has 0 radical (unpaired) electrons. The maximum atomic E-state index is 3.36. The zero-order valence-electron chi connectivity index (χ0n) is 10.4. The van der Waals surface area contributed by atoms with Crippen molar-refractivity contribution >= 4 is 0 Å². The predicted octanol–water partition coefficient (Wildman–Crippen LogP) is 3.23. The molecule has 15 heavy (non-hydrogen) atoms. The minimum absolute atomic E-state index is 0.656. The number of rotatable bonds is 5. The van der Waals surface area contributed by atoms with Gasteiger partial charge in [-0.2, -0.15) is 0 Å². The molecule has 0 aliphatic carbocycles. The lowest BCUT2D eigenvalue weighted by Gasteiger charge is -2.15. The van der Waals surface area contributed by atoms with E-state index in [-0.39, 0.29) is 0 Å². The van der Waals surface area contributed by atoms with Gasteiger partial charge in [0.2, 0.25) is 0 Å². The highest BCUT2D eigenvalue weighted by molar-refractivity contribution is 5.33. The lowest BCUT2D eigenvalue weighted by atomic mass is 9.96. The second kappa shape index (κ2) is 5.92. The molecule has 0 saturated carbocycles. The standard InChI is InChI=1S/C14H23N/c1-5-13(15-4)9-10-14-11(2)7-6-8-12(14)3/h6-8,13,15H,5,9-10H2,1-4H3. The van der Waals surface area contributed by atoms with Crippen molar-refractivity contribution in [2.45, 2.75) is 46.1 Å². The fourth-order valence-corrected chi connectivity index (χ4v) is 2.11. The van der Waals surface area contributed by atoms with Crippen LogP contribution >= 0.6 is 0 Å². The van der Waals surface area contributed by atoms with Gasteiger partial charge in [-0.3, -0.25) is 0 Å². The summed E-state index contributed by atoms with van der Waals surface area (Å²) in [6.45, 7) is 6.66. The van der Waals surface area contributed by atoms with Crippen LogP contribution in [0.15, 0.2) is 18.2 Å². The van der Waals surface area contributed by atoms with Crippen LogP contribution < -0.4 is 5.32 Å². The molecule has 0 heterocycles. The molecule has 1 atom stereocenters. The van der Waals surface area contributed by atoms with Crippen molar-refractivity contribution < 1.29 is 0 Å². The molecule has 1 aromatic carbocycles. The van der Waals surface area contributed by atoms with E-state index in [2.05, 4.69) is 51.3 Å². The highest BCUT2D eigenvalue weighted by Crippen LogP contribution is 2.16. The smallest absolute Gasteiger partial charge is 0.00646 e. The van der Waals surface area contributed by atoms with Gasteiger partial charge in [0.1, 0.15) is 0 Å². The van der Waals surface area contributed by atoms with Crippen LogP contribution in [0.1, 0.15) is 36.5 Å². The average molecular weight is 205 g/mol. The summed E-state index contributed by atoms with van der Waals surface area (Å²) in [5.74, 6) is 0. The van der Waals surface area contributed by atoms with E-state index in [4.69, 9.17) is 0 Å². The van der Waals surface area contributed by atoms with Crippen molar-refractivity contribution in [1.29, 1.82) is 0 Å². The van der Waals surface area contributed by atoms with Gasteiger partial charge in [0.05, 0.1) is 0 Å². The highest BCUT2D eigenvalue weighted by atomic mass is 14.9. The SMILES string of the molecule is CCC(CCc1c(C)cccc1C)NC. The van der Waals surface area contributed by atoms with Crippen LogP contribution in [0.3, 0.4) is 0 Å². The maximum Gasteiger partial charge on any atom is 0.00646 e. The van der Waals surface area contributed by atoms with Crippen LogP contribution in [0.5, 0.6) is 0 Å². The Balaban J connectivity index is 2.64. The Hall–Kier alpha value is -0.820. The molecule has 1 rings (SSSR count). The molecule has 0 aliphatic rings. The highest BCUT2D eigenvalue weighted by Gasteiger charge is 2.06. The minimum Gasteiger partial charge on any atom is -0.317 e. The molecule has 0 aliphatic heterocycles. The molecular formula is C14H23N. The van der Waals surface area contributed by atoms with Gasteiger partial charge in [-0.15, -0.1) is 0 Å². The fourth-order valence-electron chi connectivity index (χ4n) is 2.11. The molecule has 1 unspecified atom stereocenters. The Morgan fingerprint density at radius 2 is 1.80 bits per heavy atom. The summed E-state index contributed by atoms with van der Waals surface area (Å²) in [6, 6.07) is 7.22. The van der Waals surface area contributed by atoms with Gasteiger partial charge < -0.3 is 5.32 Å². The maximum absolute atomic E-state index is 3.36. The second-order valence-corrected chi connectivity index (χ2v) is 4.30. The average Bonchev–Trinajstić information content (AvgIpc) is 2.23. The first kappa shape index (κ1) is 12.3. The second-order valence-electron chi connectivity index (χ2n) is 4.30. The summed E-state index contributed by atoms with van der Waals surface area (Å²) in [6.07, 6.45) is 3.64. The third-order valence-electron chi connectivity index (χ3n) is 3.29. The minimum atomic E-state index is 0.656. The van der Waals surface area contributed by atoms with Crippen molar-refractivity contribution in [2.75, 3.05) is 7.05 Å². The molecule has 1 nitrogen and oxygen atoms in total. The van der Waals surface area contributed by atoms with Gasteiger partial charge in [-0.1, -0.05) is 25.1 Å². The lowest BCUT2D eigenvalue weighted by Crippen LogP contribution is -2.24. The number of nitrogens with one attached hydrogen (secondary N) is 1.